The van der Waals surface area contributed by atoms with Crippen molar-refractivity contribution in [3.8, 4) is 23.0 Å². The lowest BCUT2D eigenvalue weighted by atomic mass is 9.95. The molecule has 0 amide bonds. The van der Waals surface area contributed by atoms with Crippen LogP contribution in [0.1, 0.15) is 25.0 Å². The maximum atomic E-state index is 14.0. The lowest BCUT2D eigenvalue weighted by Crippen LogP contribution is -2.68. The summed E-state index contributed by atoms with van der Waals surface area (Å²) in [4.78, 5) is 14.0. The van der Waals surface area contributed by atoms with Gasteiger partial charge in [0, 0.05) is 6.08 Å². The Hall–Kier alpha value is -4.07. The summed E-state index contributed by atoms with van der Waals surface area (Å²) < 4.78 is 65.5. The van der Waals surface area contributed by atoms with Crippen LogP contribution in [0.3, 0.4) is 0 Å². The molecular weight excluding hydrogens is 1030 g/mol. The smallest absolute Gasteiger partial charge is 0.331 e. The van der Waals surface area contributed by atoms with Gasteiger partial charge >= 0.3 is 5.97 Å². The molecule has 5 fully saturated rings. The van der Waals surface area contributed by atoms with Crippen molar-refractivity contribution in [3.05, 3.63) is 53.6 Å². The predicted molar refractivity (Wildman–Crippen MR) is 244 cm³/mol. The van der Waals surface area contributed by atoms with Crippen LogP contribution < -0.4 is 0 Å². The largest absolute Gasteiger partial charge is 0.504 e. The second kappa shape index (κ2) is 25.8. The fourth-order valence-electron chi connectivity index (χ4n) is 9.03. The van der Waals surface area contributed by atoms with Crippen molar-refractivity contribution in [3.63, 3.8) is 0 Å². The van der Waals surface area contributed by atoms with E-state index in [1.165, 1.54) is 38.1 Å². The molecule has 29 nitrogen and oxygen atoms in total. The minimum atomic E-state index is -2.11. The van der Waals surface area contributed by atoms with Crippen molar-refractivity contribution >= 4 is 12.0 Å². The summed E-state index contributed by atoms with van der Waals surface area (Å²) in [5, 5.41) is 179. The van der Waals surface area contributed by atoms with Crippen LogP contribution in [0.15, 0.2) is 42.5 Å². The molecule has 5 aliphatic rings. The van der Waals surface area contributed by atoms with Crippen molar-refractivity contribution in [2.75, 3.05) is 26.4 Å². The Morgan fingerprint density at radius 3 is 1.57 bits per heavy atom. The lowest BCUT2D eigenvalue weighted by Gasteiger charge is -2.50. The summed E-state index contributed by atoms with van der Waals surface area (Å²) in [5.74, 6) is -3.14. The Balaban J connectivity index is 1.24. The number of esters is 1. The van der Waals surface area contributed by atoms with E-state index in [1.54, 1.807) is 0 Å². The van der Waals surface area contributed by atoms with Gasteiger partial charge in [0.2, 0.25) is 0 Å². The molecule has 2 aromatic carbocycles. The highest BCUT2D eigenvalue weighted by atomic mass is 16.8. The van der Waals surface area contributed by atoms with Crippen molar-refractivity contribution < 1.29 is 144 Å². The Kier molecular flexibility index (Phi) is 20.2. The molecule has 25 atom stereocenters. The van der Waals surface area contributed by atoms with Crippen LogP contribution in [0.25, 0.3) is 6.08 Å². The lowest BCUT2D eigenvalue weighted by molar-refractivity contribution is -0.394. The summed E-state index contributed by atoms with van der Waals surface area (Å²) in [7, 11) is 0. The average molecular weight is 1100 g/mol. The minimum absolute atomic E-state index is 0.0332. The first-order chi connectivity index (χ1) is 36.0. The molecule has 0 spiro atoms. The third kappa shape index (κ3) is 13.3. The molecule has 0 aromatic heterocycles. The zero-order chi connectivity index (χ0) is 55.4. The molecule has 0 saturated carbocycles. The second-order valence-electron chi connectivity index (χ2n) is 18.9. The molecule has 5 aliphatic heterocycles. The third-order valence-electron chi connectivity index (χ3n) is 13.6. The van der Waals surface area contributed by atoms with E-state index in [0.717, 1.165) is 24.3 Å². The molecule has 428 valence electrons. The summed E-state index contributed by atoms with van der Waals surface area (Å²) in [5.41, 5.74) is 0.576. The predicted octanol–water partition coefficient (Wildman–Crippen LogP) is -6.52. The zero-order valence-corrected chi connectivity index (χ0v) is 40.6. The van der Waals surface area contributed by atoms with Crippen molar-refractivity contribution in [2.24, 2.45) is 0 Å². The quantitative estimate of drug-likeness (QED) is 0.0375. The number of aromatic hydroxyl groups is 4. The van der Waals surface area contributed by atoms with Gasteiger partial charge in [-0.1, -0.05) is 12.1 Å². The van der Waals surface area contributed by atoms with Crippen LogP contribution >= 0.6 is 0 Å². The highest BCUT2D eigenvalue weighted by Gasteiger charge is 2.57. The molecule has 0 radical (unpaired) electrons. The molecule has 7 rings (SSSR count). The third-order valence-corrected chi connectivity index (χ3v) is 13.6. The molecule has 0 bridgehead atoms. The van der Waals surface area contributed by atoms with E-state index in [1.807, 2.05) is 0 Å². The van der Waals surface area contributed by atoms with Crippen LogP contribution in [0.4, 0.5) is 0 Å². The molecule has 0 unspecified atom stereocenters. The molecular formula is C47H66O29. The Bertz CT molecular complexity index is 2220. The van der Waals surface area contributed by atoms with Crippen LogP contribution in [0, 0.1) is 0 Å². The van der Waals surface area contributed by atoms with Gasteiger partial charge in [-0.05, 0) is 61.7 Å². The molecule has 29 heteroatoms. The number of carbonyl (C=O) groups is 1. The number of hydrogen-bond donors (Lipinski definition) is 17. The van der Waals surface area contributed by atoms with E-state index in [9.17, 15) is 91.6 Å². The van der Waals surface area contributed by atoms with Crippen LogP contribution in [-0.2, 0) is 63.3 Å². The molecule has 5 saturated heterocycles. The van der Waals surface area contributed by atoms with Gasteiger partial charge in [0.1, 0.15) is 104 Å². The molecule has 5 heterocycles. The number of phenols is 4. The van der Waals surface area contributed by atoms with Gasteiger partial charge in [0.25, 0.3) is 0 Å². The van der Waals surface area contributed by atoms with Gasteiger partial charge in [-0.25, -0.2) is 4.79 Å². The monoisotopic (exact) mass is 1090 g/mol. The van der Waals surface area contributed by atoms with Crippen LogP contribution in [0.5, 0.6) is 23.0 Å². The highest BCUT2D eigenvalue weighted by Crippen LogP contribution is 2.37. The maximum absolute atomic E-state index is 14.0. The van der Waals surface area contributed by atoms with E-state index in [0.29, 0.717) is 5.56 Å². The first kappa shape index (κ1) is 59.6. The van der Waals surface area contributed by atoms with Crippen molar-refractivity contribution in [1.82, 2.24) is 0 Å². The van der Waals surface area contributed by atoms with Crippen LogP contribution in [0.2, 0.25) is 0 Å². The molecule has 17 N–H and O–H groups in total. The number of aliphatic hydroxyl groups excluding tert-OH is 13. The van der Waals surface area contributed by atoms with Gasteiger partial charge in [-0.15, -0.1) is 0 Å². The first-order valence-corrected chi connectivity index (χ1v) is 24.1. The van der Waals surface area contributed by atoms with Gasteiger partial charge in [0.05, 0.1) is 38.6 Å². The van der Waals surface area contributed by atoms with Crippen LogP contribution in [-0.4, -0.2) is 273 Å². The SMILES string of the molecule is C[C@@H]1O[C@@H](O[C@@H]2[C@@H](O[C@@H]3O[C@@H](C)[C@H](O)[C@@H](O)[C@H]3O)[C@H](OCCc3ccc(O)c(O)c3)O[C@H](CO[C@@H]3O[C@H](CO)[C@@H](O[C@@H]4O[C@H](CO)[C@@H](O)[C@H](O)[C@H]4O)[C@H](O)[C@H]3O)[C@H]2OC(=O)/C=C/c2ccc(O)c(O)c2)[C@H](O)[C@H](O)[C@H]1O. The van der Waals surface area contributed by atoms with Crippen molar-refractivity contribution in [1.29, 1.82) is 0 Å². The van der Waals surface area contributed by atoms with Gasteiger partial charge in [-0.2, -0.15) is 0 Å². The van der Waals surface area contributed by atoms with E-state index in [4.69, 9.17) is 52.1 Å². The number of aliphatic hydroxyl groups is 13. The first-order valence-electron chi connectivity index (χ1n) is 24.1. The highest BCUT2D eigenvalue weighted by molar-refractivity contribution is 5.87. The minimum Gasteiger partial charge on any atom is -0.504 e. The molecule has 0 aliphatic carbocycles. The number of ether oxygens (including phenoxy) is 11. The van der Waals surface area contributed by atoms with E-state index in [-0.39, 0.29) is 18.6 Å². The Morgan fingerprint density at radius 1 is 0.487 bits per heavy atom. The molecule has 76 heavy (non-hydrogen) atoms. The van der Waals surface area contributed by atoms with Gasteiger partial charge in [-0.3, -0.25) is 0 Å². The molecule has 2 aromatic rings. The topological polar surface area (TPSA) is 463 Å². The fourth-order valence-corrected chi connectivity index (χ4v) is 9.03. The summed E-state index contributed by atoms with van der Waals surface area (Å²) >= 11 is 0. The number of rotatable bonds is 18. The number of phenolic OH excluding ortho intramolecular Hbond substituents is 4. The average Bonchev–Trinajstić information content (AvgIpc) is 3.40. The normalized spacial score (nSPS) is 42.2. The Morgan fingerprint density at radius 2 is 0.987 bits per heavy atom. The van der Waals surface area contributed by atoms with Crippen molar-refractivity contribution in [2.45, 2.75) is 174 Å². The zero-order valence-electron chi connectivity index (χ0n) is 40.6. The second-order valence-corrected chi connectivity index (χ2v) is 18.9. The number of hydrogen-bond acceptors (Lipinski definition) is 29. The van der Waals surface area contributed by atoms with E-state index >= 15 is 0 Å². The fraction of sp³-hybridized carbons (Fsp3) is 0.681. The maximum Gasteiger partial charge on any atom is 0.331 e. The summed E-state index contributed by atoms with van der Waals surface area (Å²) in [6, 6.07) is 7.44. The Labute approximate surface area is 431 Å². The summed E-state index contributed by atoms with van der Waals surface area (Å²) in [6.45, 7) is -0.377. The van der Waals surface area contributed by atoms with E-state index < -0.39 is 202 Å². The van der Waals surface area contributed by atoms with Gasteiger partial charge < -0.3 is 139 Å². The van der Waals surface area contributed by atoms with Gasteiger partial charge in [0.15, 0.2) is 60.6 Å². The summed E-state index contributed by atoms with van der Waals surface area (Å²) in [6.07, 6.45) is -43.3. The number of benzene rings is 2. The standard InChI is InChI=1S/C47H66O29/c1-16-28(55)31(58)35(62)44(68-16)75-41-40(73-27(54)8-5-18-3-6-20(50)22(52)11-18)26(15-67-43-38(65)34(61)39(25(14-49)71-43)74-46-37(64)33(60)30(57)24(13-48)70-46)72-47(66-10-9-19-4-7-21(51)23(53)12-19)42(41)76-45-36(63)32(59)29(56)17(2)69-45/h3-8,11-12,16-17,24-26,28-53,55-65H,9-10,13-15H2,1-2H3/b8-5+/t16-,17-,24+,25+,26+,28-,29-,30+,31+,32+,33-,34+,35+,36+,37+,38+,39+,40+,41-,42+,43+,44-,45-,46-,47+/m0/s1. The number of carbonyl (C=O) groups excluding carboxylic acids is 1. The van der Waals surface area contributed by atoms with E-state index in [2.05, 4.69) is 0 Å².